The Morgan fingerprint density at radius 2 is 2.00 bits per heavy atom. The average Bonchev–Trinajstić information content (AvgIpc) is 2.30. The lowest BCUT2D eigenvalue weighted by Gasteiger charge is -2.19. The Morgan fingerprint density at radius 3 is 2.47 bits per heavy atom. The van der Waals surface area contributed by atoms with Crippen LogP contribution in [0.1, 0.15) is 11.1 Å². The molecule has 0 aliphatic heterocycles. The number of ether oxygens (including phenoxy) is 2. The maximum atomic E-state index is 11.1. The minimum Gasteiger partial charge on any atom is -0.497 e. The van der Waals surface area contributed by atoms with Crippen LogP contribution in [0.25, 0.3) is 0 Å². The van der Waals surface area contributed by atoms with Crippen LogP contribution in [0.5, 0.6) is 11.5 Å². The van der Waals surface area contributed by atoms with Crippen LogP contribution in [0.15, 0.2) is 12.1 Å². The summed E-state index contributed by atoms with van der Waals surface area (Å²) < 4.78 is 10.5. The van der Waals surface area contributed by atoms with E-state index in [1.54, 1.807) is 27.3 Å². The van der Waals surface area contributed by atoms with Crippen LogP contribution < -0.4 is 9.47 Å². The minimum absolute atomic E-state index is 0.276. The number of nitrogens with zero attached hydrogens (tertiary/aromatic N) is 1. The molecule has 0 fully saturated rings. The SMILES string of the molecule is COc1cc(C)c(CN(C)C(=O)S)c(OC)c1. The van der Waals surface area contributed by atoms with Crippen LogP contribution in [0.4, 0.5) is 4.79 Å². The Kier molecular flexibility index (Phi) is 4.69. The molecule has 0 saturated heterocycles. The first-order chi connectivity index (χ1) is 7.99. The highest BCUT2D eigenvalue weighted by molar-refractivity contribution is 7.96. The second kappa shape index (κ2) is 5.82. The van der Waals surface area contributed by atoms with Gasteiger partial charge in [0.05, 0.1) is 20.8 Å². The quantitative estimate of drug-likeness (QED) is 0.840. The van der Waals surface area contributed by atoms with Crippen molar-refractivity contribution in [3.8, 4) is 11.5 Å². The van der Waals surface area contributed by atoms with Crippen molar-refractivity contribution in [1.29, 1.82) is 0 Å². The maximum absolute atomic E-state index is 11.1. The molecule has 5 heteroatoms. The Balaban J connectivity index is 3.09. The molecule has 0 bridgehead atoms. The van der Waals surface area contributed by atoms with Crippen LogP contribution in [-0.2, 0) is 6.54 Å². The number of carbonyl (C=O) groups is 1. The van der Waals surface area contributed by atoms with Gasteiger partial charge in [-0.1, -0.05) is 12.6 Å². The summed E-state index contributed by atoms with van der Waals surface area (Å²) in [5.41, 5.74) is 1.97. The summed E-state index contributed by atoms with van der Waals surface area (Å²) in [6.45, 7) is 2.42. The zero-order valence-corrected chi connectivity index (χ0v) is 11.4. The number of rotatable bonds is 4. The van der Waals surface area contributed by atoms with E-state index in [1.165, 1.54) is 4.90 Å². The minimum atomic E-state index is -0.276. The van der Waals surface area contributed by atoms with Crippen LogP contribution in [0.3, 0.4) is 0 Å². The number of thiol groups is 1. The third-order valence-corrected chi connectivity index (χ3v) is 2.92. The van der Waals surface area contributed by atoms with Crippen molar-refractivity contribution in [2.24, 2.45) is 0 Å². The summed E-state index contributed by atoms with van der Waals surface area (Å²) in [5, 5.41) is -0.276. The van der Waals surface area contributed by atoms with Gasteiger partial charge in [-0.15, -0.1) is 0 Å². The van der Waals surface area contributed by atoms with Crippen molar-refractivity contribution in [2.75, 3.05) is 21.3 Å². The van der Waals surface area contributed by atoms with Gasteiger partial charge in [0.15, 0.2) is 0 Å². The van der Waals surface area contributed by atoms with Gasteiger partial charge in [0.2, 0.25) is 0 Å². The second-order valence-corrected chi connectivity index (χ2v) is 4.15. The van der Waals surface area contributed by atoms with Crippen molar-refractivity contribution in [3.05, 3.63) is 23.3 Å². The highest BCUT2D eigenvalue weighted by Gasteiger charge is 2.13. The van der Waals surface area contributed by atoms with E-state index in [9.17, 15) is 4.79 Å². The van der Waals surface area contributed by atoms with Crippen molar-refractivity contribution < 1.29 is 14.3 Å². The van der Waals surface area contributed by atoms with Crippen molar-refractivity contribution in [2.45, 2.75) is 13.5 Å². The van der Waals surface area contributed by atoms with Crippen LogP contribution in [0.2, 0.25) is 0 Å². The zero-order chi connectivity index (χ0) is 13.0. The monoisotopic (exact) mass is 255 g/mol. The number of methoxy groups -OCH3 is 2. The Hall–Kier alpha value is -1.36. The highest BCUT2D eigenvalue weighted by atomic mass is 32.1. The highest BCUT2D eigenvalue weighted by Crippen LogP contribution is 2.29. The summed E-state index contributed by atoms with van der Waals surface area (Å²) >= 11 is 3.78. The van der Waals surface area contributed by atoms with Gasteiger partial charge in [-0.2, -0.15) is 0 Å². The van der Waals surface area contributed by atoms with E-state index >= 15 is 0 Å². The summed E-state index contributed by atoms with van der Waals surface area (Å²) in [6, 6.07) is 3.72. The zero-order valence-electron chi connectivity index (χ0n) is 10.5. The molecule has 1 rings (SSSR count). The predicted octanol–water partition coefficient (Wildman–Crippen LogP) is 2.49. The number of carbonyl (C=O) groups excluding carboxylic acids is 1. The summed E-state index contributed by atoms with van der Waals surface area (Å²) in [5.74, 6) is 1.45. The average molecular weight is 255 g/mol. The number of amides is 1. The molecule has 1 aromatic rings. The molecule has 4 nitrogen and oxygen atoms in total. The Labute approximate surface area is 107 Å². The molecular formula is C12H17NO3S. The number of hydrogen-bond donors (Lipinski definition) is 1. The molecule has 0 saturated carbocycles. The van der Waals surface area contributed by atoms with Gasteiger partial charge in [0.25, 0.3) is 5.24 Å². The van der Waals surface area contributed by atoms with E-state index in [2.05, 4.69) is 12.6 Å². The van der Waals surface area contributed by atoms with Crippen LogP contribution >= 0.6 is 12.6 Å². The van der Waals surface area contributed by atoms with Gasteiger partial charge in [0.1, 0.15) is 11.5 Å². The fourth-order valence-corrected chi connectivity index (χ4v) is 1.63. The summed E-state index contributed by atoms with van der Waals surface area (Å²) in [4.78, 5) is 12.6. The molecule has 0 spiro atoms. The first-order valence-corrected chi connectivity index (χ1v) is 5.59. The van der Waals surface area contributed by atoms with E-state index in [-0.39, 0.29) is 5.24 Å². The largest absolute Gasteiger partial charge is 0.497 e. The fraction of sp³-hybridized carbons (Fsp3) is 0.417. The first kappa shape index (κ1) is 13.7. The van der Waals surface area contributed by atoms with Crippen molar-refractivity contribution >= 4 is 17.9 Å². The van der Waals surface area contributed by atoms with Gasteiger partial charge >= 0.3 is 0 Å². The molecule has 1 aromatic carbocycles. The predicted molar refractivity (Wildman–Crippen MR) is 70.1 cm³/mol. The Bertz CT molecular complexity index is 420. The summed E-state index contributed by atoms with van der Waals surface area (Å²) in [6.07, 6.45) is 0. The normalized spacial score (nSPS) is 9.94. The smallest absolute Gasteiger partial charge is 0.278 e. The van der Waals surface area contributed by atoms with Crippen LogP contribution in [-0.4, -0.2) is 31.4 Å². The molecule has 0 aliphatic carbocycles. The fourth-order valence-electron chi connectivity index (χ4n) is 1.56. The van der Waals surface area contributed by atoms with Gasteiger partial charge in [-0.05, 0) is 18.6 Å². The van der Waals surface area contributed by atoms with Gasteiger partial charge in [-0.3, -0.25) is 4.79 Å². The lowest BCUT2D eigenvalue weighted by Crippen LogP contribution is -2.21. The third-order valence-electron chi connectivity index (χ3n) is 2.58. The van der Waals surface area contributed by atoms with Crippen LogP contribution in [0, 0.1) is 6.92 Å². The number of hydrogen-bond acceptors (Lipinski definition) is 3. The lowest BCUT2D eigenvalue weighted by atomic mass is 10.1. The van der Waals surface area contributed by atoms with Gasteiger partial charge < -0.3 is 14.4 Å². The van der Waals surface area contributed by atoms with Gasteiger partial charge in [-0.25, -0.2) is 0 Å². The molecule has 0 radical (unpaired) electrons. The Morgan fingerprint density at radius 1 is 1.35 bits per heavy atom. The second-order valence-electron chi connectivity index (χ2n) is 3.76. The molecule has 1 amide bonds. The van der Waals surface area contributed by atoms with E-state index < -0.39 is 0 Å². The third kappa shape index (κ3) is 3.30. The molecule has 0 heterocycles. The van der Waals surface area contributed by atoms with E-state index in [4.69, 9.17) is 9.47 Å². The van der Waals surface area contributed by atoms with Crippen molar-refractivity contribution in [3.63, 3.8) is 0 Å². The van der Waals surface area contributed by atoms with E-state index in [0.29, 0.717) is 12.3 Å². The number of aryl methyl sites for hydroxylation is 1. The molecule has 94 valence electrons. The molecule has 0 unspecified atom stereocenters. The molecule has 0 aliphatic rings. The molecule has 17 heavy (non-hydrogen) atoms. The standard InChI is InChI=1S/C12H17NO3S/c1-8-5-9(15-3)6-11(16-4)10(8)7-13(2)12(14)17/h5-6H,7H2,1-4H3,(H,14,17). The summed E-state index contributed by atoms with van der Waals surface area (Å²) in [7, 11) is 4.90. The molecule has 0 aromatic heterocycles. The first-order valence-electron chi connectivity index (χ1n) is 5.15. The molecular weight excluding hydrogens is 238 g/mol. The molecule has 0 atom stereocenters. The van der Waals surface area contributed by atoms with Crippen molar-refractivity contribution in [1.82, 2.24) is 4.90 Å². The topological polar surface area (TPSA) is 38.8 Å². The van der Waals surface area contributed by atoms with E-state index in [0.717, 1.165) is 16.9 Å². The molecule has 0 N–H and O–H groups in total. The van der Waals surface area contributed by atoms with E-state index in [1.807, 2.05) is 13.0 Å². The maximum Gasteiger partial charge on any atom is 0.278 e. The lowest BCUT2D eigenvalue weighted by molar-refractivity contribution is 0.231. The number of benzene rings is 1. The van der Waals surface area contributed by atoms with Gasteiger partial charge in [0, 0.05) is 18.7 Å².